The van der Waals surface area contributed by atoms with Crippen LogP contribution in [0.25, 0.3) is 17.2 Å². The second kappa shape index (κ2) is 6.23. The Morgan fingerprint density at radius 3 is 2.55 bits per heavy atom. The van der Waals surface area contributed by atoms with E-state index in [9.17, 15) is 0 Å². The van der Waals surface area contributed by atoms with Gasteiger partial charge in [-0.15, -0.1) is 0 Å². The number of allylic oxidation sites excluding steroid dienone is 1. The summed E-state index contributed by atoms with van der Waals surface area (Å²) < 4.78 is 0.674. The predicted molar refractivity (Wildman–Crippen MR) is 82.1 cm³/mol. The van der Waals surface area contributed by atoms with Gasteiger partial charge in [0.1, 0.15) is 0 Å². The average molecular weight is 339 g/mol. The van der Waals surface area contributed by atoms with E-state index < -0.39 is 0 Å². The predicted octanol–water partition coefficient (Wildman–Crippen LogP) is 5.53. The third-order valence-corrected chi connectivity index (χ3v) is 5.73. The van der Waals surface area contributed by atoms with Gasteiger partial charge in [-0.2, -0.15) is 0 Å². The number of unbranched alkanes of at least 4 members (excludes halogenated alkanes) is 1. The molecule has 0 radical (unpaired) electrons. The molecule has 20 heavy (non-hydrogen) atoms. The molecule has 1 heteroatoms. The van der Waals surface area contributed by atoms with Crippen molar-refractivity contribution >= 4 is 6.08 Å². The van der Waals surface area contributed by atoms with Gasteiger partial charge in [0, 0.05) is 0 Å². The molecule has 1 atom stereocenters. The summed E-state index contributed by atoms with van der Waals surface area (Å²) in [5.41, 5.74) is 7.37. The van der Waals surface area contributed by atoms with E-state index in [0.29, 0.717) is 3.63 Å². The fraction of sp³-hybridized carbons (Fsp3) is 0.263. The standard InChI is InChI=1S/C19H19.Zr/c1-2-3-8-15-13-17-11-7-12-18(19(17)14-15)16-9-5-4-6-10-16;/h4-7,9-14H,2-3,8H2,1H3;. The van der Waals surface area contributed by atoms with Crippen molar-refractivity contribution in [3.63, 3.8) is 0 Å². The van der Waals surface area contributed by atoms with Crippen molar-refractivity contribution in [1.82, 2.24) is 0 Å². The Bertz CT molecular complexity index is 625. The van der Waals surface area contributed by atoms with E-state index in [1.165, 1.54) is 41.5 Å². The Labute approximate surface area is 136 Å². The second-order valence-corrected chi connectivity index (χ2v) is 6.85. The Kier molecular flexibility index (Phi) is 4.36. The van der Waals surface area contributed by atoms with Crippen LogP contribution in [0.4, 0.5) is 0 Å². The van der Waals surface area contributed by atoms with Crippen molar-refractivity contribution in [2.24, 2.45) is 0 Å². The third-order valence-electron chi connectivity index (χ3n) is 4.06. The number of hydrogen-bond acceptors (Lipinski definition) is 0. The van der Waals surface area contributed by atoms with Gasteiger partial charge in [0.2, 0.25) is 0 Å². The van der Waals surface area contributed by atoms with E-state index in [0.717, 1.165) is 0 Å². The average Bonchev–Trinajstić information content (AvgIpc) is 2.83. The molecule has 3 rings (SSSR count). The maximum absolute atomic E-state index is 2.46. The van der Waals surface area contributed by atoms with Crippen molar-refractivity contribution < 1.29 is 24.7 Å². The molecule has 0 spiro atoms. The minimum absolute atomic E-state index is 0.674. The maximum atomic E-state index is 2.46. The van der Waals surface area contributed by atoms with Crippen LogP contribution in [0, 0.1) is 0 Å². The van der Waals surface area contributed by atoms with Crippen molar-refractivity contribution in [2.45, 2.75) is 29.8 Å². The Balaban J connectivity index is 2.03. The SMILES string of the molecule is CCCCC1=Cc2c(-c3ccccc3)cccc2[CH]1[Zr]. The van der Waals surface area contributed by atoms with Crippen molar-refractivity contribution in [1.29, 1.82) is 0 Å². The molecule has 0 saturated carbocycles. The van der Waals surface area contributed by atoms with Crippen molar-refractivity contribution in [3.05, 3.63) is 65.2 Å². The second-order valence-electron chi connectivity index (χ2n) is 5.43. The molecule has 0 aliphatic heterocycles. The molecule has 2 aromatic carbocycles. The molecule has 0 bridgehead atoms. The summed E-state index contributed by atoms with van der Waals surface area (Å²) in [4.78, 5) is 0. The molecule has 2 aromatic rings. The van der Waals surface area contributed by atoms with Gasteiger partial charge >= 0.3 is 137 Å². The molecular formula is C19H19Zr. The van der Waals surface area contributed by atoms with E-state index >= 15 is 0 Å². The zero-order valence-electron chi connectivity index (χ0n) is 11.9. The number of hydrogen-bond donors (Lipinski definition) is 0. The van der Waals surface area contributed by atoms with E-state index in [-0.39, 0.29) is 0 Å². The summed E-state index contributed by atoms with van der Waals surface area (Å²) in [7, 11) is 0. The summed E-state index contributed by atoms with van der Waals surface area (Å²) >= 11 is 1.62. The molecule has 0 heterocycles. The van der Waals surface area contributed by atoms with Crippen LogP contribution in [0.1, 0.15) is 40.9 Å². The third kappa shape index (κ3) is 2.61. The summed E-state index contributed by atoms with van der Waals surface area (Å²) in [6.07, 6.45) is 6.31. The molecule has 99 valence electrons. The zero-order valence-corrected chi connectivity index (χ0v) is 14.4. The molecule has 1 aliphatic carbocycles. The van der Waals surface area contributed by atoms with Crippen LogP contribution in [-0.2, 0) is 24.7 Å². The molecule has 0 N–H and O–H groups in total. The van der Waals surface area contributed by atoms with Crippen LogP contribution in [-0.4, -0.2) is 0 Å². The Hall–Kier alpha value is -0.937. The van der Waals surface area contributed by atoms with E-state index in [1.807, 2.05) is 0 Å². The number of fused-ring (bicyclic) bond motifs is 1. The van der Waals surface area contributed by atoms with Crippen LogP contribution < -0.4 is 0 Å². The van der Waals surface area contributed by atoms with Gasteiger partial charge < -0.3 is 0 Å². The van der Waals surface area contributed by atoms with Gasteiger partial charge in [-0.3, -0.25) is 0 Å². The van der Waals surface area contributed by atoms with Crippen LogP contribution in [0.3, 0.4) is 0 Å². The van der Waals surface area contributed by atoms with E-state index in [4.69, 9.17) is 0 Å². The van der Waals surface area contributed by atoms with Gasteiger partial charge in [-0.05, 0) is 0 Å². The Morgan fingerprint density at radius 1 is 1.00 bits per heavy atom. The first-order valence-corrected chi connectivity index (χ1v) is 8.83. The molecule has 1 aliphatic rings. The molecule has 0 nitrogen and oxygen atoms in total. The fourth-order valence-corrected chi connectivity index (χ4v) is 4.11. The molecule has 0 fully saturated rings. The van der Waals surface area contributed by atoms with Gasteiger partial charge in [0.05, 0.1) is 0 Å². The number of benzene rings is 2. The normalized spacial score (nSPS) is 16.8. The molecule has 0 saturated heterocycles. The minimum atomic E-state index is 0.674. The Morgan fingerprint density at radius 2 is 1.80 bits per heavy atom. The zero-order chi connectivity index (χ0) is 13.9. The molecule has 0 aromatic heterocycles. The summed E-state index contributed by atoms with van der Waals surface area (Å²) in [5, 5.41) is 0. The first-order valence-electron chi connectivity index (χ1n) is 7.41. The van der Waals surface area contributed by atoms with E-state index in [2.05, 4.69) is 61.5 Å². The van der Waals surface area contributed by atoms with Crippen LogP contribution in [0.2, 0.25) is 0 Å². The molecule has 0 amide bonds. The van der Waals surface area contributed by atoms with Crippen LogP contribution in [0.15, 0.2) is 54.1 Å². The van der Waals surface area contributed by atoms with Crippen LogP contribution >= 0.6 is 0 Å². The number of rotatable bonds is 4. The first kappa shape index (κ1) is 14.0. The monoisotopic (exact) mass is 337 g/mol. The van der Waals surface area contributed by atoms with Gasteiger partial charge in [0.25, 0.3) is 0 Å². The summed E-state index contributed by atoms with van der Waals surface area (Å²) in [5.74, 6) is 0. The summed E-state index contributed by atoms with van der Waals surface area (Å²) in [6, 6.07) is 17.6. The summed E-state index contributed by atoms with van der Waals surface area (Å²) in [6.45, 7) is 2.27. The van der Waals surface area contributed by atoms with Crippen LogP contribution in [0.5, 0.6) is 0 Å². The molecular weight excluding hydrogens is 319 g/mol. The fourth-order valence-electron chi connectivity index (χ4n) is 2.93. The quantitative estimate of drug-likeness (QED) is 0.687. The van der Waals surface area contributed by atoms with Crippen molar-refractivity contribution in [3.8, 4) is 11.1 Å². The first-order chi connectivity index (χ1) is 9.81. The van der Waals surface area contributed by atoms with Gasteiger partial charge in [-0.25, -0.2) is 0 Å². The van der Waals surface area contributed by atoms with Gasteiger partial charge in [0.15, 0.2) is 0 Å². The molecule has 1 unspecified atom stereocenters. The van der Waals surface area contributed by atoms with E-state index in [1.54, 1.807) is 30.3 Å². The van der Waals surface area contributed by atoms with Crippen molar-refractivity contribution in [2.75, 3.05) is 0 Å². The van der Waals surface area contributed by atoms with Gasteiger partial charge in [-0.1, -0.05) is 0 Å². The topological polar surface area (TPSA) is 0 Å².